The quantitative estimate of drug-likeness (QED) is 0.608. The van der Waals surface area contributed by atoms with E-state index in [0.717, 1.165) is 5.56 Å². The van der Waals surface area contributed by atoms with Crippen molar-refractivity contribution < 1.29 is 14.6 Å². The minimum Gasteiger partial charge on any atom is -0.376 e. The number of benzene rings is 1. The maximum atomic E-state index is 11.0. The number of hydrogen-bond acceptors (Lipinski definition) is 4. The lowest BCUT2D eigenvalue weighted by Gasteiger charge is -2.23. The third-order valence-electron chi connectivity index (χ3n) is 2.47. The summed E-state index contributed by atoms with van der Waals surface area (Å²) < 4.78 is 5.49. The maximum Gasteiger partial charge on any atom is 0.217 e. The molecule has 0 aliphatic rings. The van der Waals surface area contributed by atoms with Gasteiger partial charge in [-0.15, -0.1) is 0 Å². The Hall–Kier alpha value is -1.43. The lowest BCUT2D eigenvalue weighted by atomic mass is 10.2. The molecule has 3 N–H and O–H groups in total. The van der Waals surface area contributed by atoms with Crippen molar-refractivity contribution in [1.29, 1.82) is 0 Å². The molecule has 0 bridgehead atoms. The molecule has 5 nitrogen and oxygen atoms in total. The molecule has 1 aromatic rings. The molecule has 5 heteroatoms. The van der Waals surface area contributed by atoms with Crippen LogP contribution < -0.4 is 10.6 Å². The second-order valence-electron chi connectivity index (χ2n) is 4.04. The third kappa shape index (κ3) is 5.27. The summed E-state index contributed by atoms with van der Waals surface area (Å²) in [6.45, 7) is 2.11. The van der Waals surface area contributed by atoms with Crippen LogP contribution in [0.1, 0.15) is 12.5 Å². The molecule has 0 radical (unpaired) electrons. The molecule has 0 saturated carbocycles. The van der Waals surface area contributed by atoms with Crippen LogP contribution in [0.25, 0.3) is 0 Å². The second-order valence-corrected chi connectivity index (χ2v) is 4.04. The highest BCUT2D eigenvalue weighted by atomic mass is 16.5. The standard InChI is InChI=1S/C13H20N2O3/c1-10(16)15-12(13(17)14-2)9-18-8-11-6-4-3-5-7-11/h3-7,12-14,17H,8-9H2,1-2H3,(H,15,16)/t12-,13?/m0/s1. The van der Waals surface area contributed by atoms with Crippen LogP contribution in [-0.2, 0) is 16.1 Å². The van der Waals surface area contributed by atoms with Gasteiger partial charge in [0.05, 0.1) is 19.3 Å². The average molecular weight is 252 g/mol. The number of carbonyl (C=O) groups excluding carboxylic acids is 1. The smallest absolute Gasteiger partial charge is 0.217 e. The number of aliphatic hydroxyl groups excluding tert-OH is 1. The molecule has 0 aromatic heterocycles. The molecule has 1 unspecified atom stereocenters. The van der Waals surface area contributed by atoms with Crippen molar-refractivity contribution in [3.05, 3.63) is 35.9 Å². The first-order valence-electron chi connectivity index (χ1n) is 5.87. The Morgan fingerprint density at radius 1 is 1.39 bits per heavy atom. The normalized spacial score (nSPS) is 13.9. The Balaban J connectivity index is 2.39. The first-order chi connectivity index (χ1) is 8.63. The van der Waals surface area contributed by atoms with E-state index in [4.69, 9.17) is 4.74 Å². The summed E-state index contributed by atoms with van der Waals surface area (Å²) >= 11 is 0. The molecule has 0 heterocycles. The Bertz CT molecular complexity index is 357. The highest BCUT2D eigenvalue weighted by Gasteiger charge is 2.18. The van der Waals surface area contributed by atoms with Gasteiger partial charge in [0.2, 0.25) is 5.91 Å². The van der Waals surface area contributed by atoms with Crippen LogP contribution in [0.4, 0.5) is 0 Å². The van der Waals surface area contributed by atoms with Crippen LogP contribution in [0.2, 0.25) is 0 Å². The van der Waals surface area contributed by atoms with E-state index in [1.807, 2.05) is 30.3 Å². The molecule has 1 amide bonds. The Morgan fingerprint density at radius 2 is 2.06 bits per heavy atom. The van der Waals surface area contributed by atoms with Gasteiger partial charge in [0, 0.05) is 6.92 Å². The van der Waals surface area contributed by atoms with Crippen LogP contribution in [0.3, 0.4) is 0 Å². The van der Waals surface area contributed by atoms with Crippen LogP contribution in [0, 0.1) is 0 Å². The summed E-state index contributed by atoms with van der Waals surface area (Å²) in [6, 6.07) is 9.27. The summed E-state index contributed by atoms with van der Waals surface area (Å²) in [4.78, 5) is 11.0. The number of nitrogens with one attached hydrogen (secondary N) is 2. The highest BCUT2D eigenvalue weighted by Crippen LogP contribution is 2.02. The van der Waals surface area contributed by atoms with Crippen molar-refractivity contribution in [2.75, 3.05) is 13.7 Å². The fourth-order valence-electron chi connectivity index (χ4n) is 1.55. The molecule has 0 aliphatic carbocycles. The maximum absolute atomic E-state index is 11.0. The lowest BCUT2D eigenvalue weighted by molar-refractivity contribution is -0.121. The van der Waals surface area contributed by atoms with Gasteiger partial charge in [0.25, 0.3) is 0 Å². The van der Waals surface area contributed by atoms with Crippen LogP contribution in [-0.4, -0.2) is 36.9 Å². The number of amides is 1. The molecular formula is C13H20N2O3. The van der Waals surface area contributed by atoms with Gasteiger partial charge in [-0.05, 0) is 12.6 Å². The largest absolute Gasteiger partial charge is 0.376 e. The number of rotatable bonds is 7. The van der Waals surface area contributed by atoms with Crippen molar-refractivity contribution in [2.45, 2.75) is 25.8 Å². The molecule has 18 heavy (non-hydrogen) atoms. The zero-order chi connectivity index (χ0) is 13.4. The fourth-order valence-corrected chi connectivity index (χ4v) is 1.55. The van der Waals surface area contributed by atoms with Crippen LogP contribution in [0.5, 0.6) is 0 Å². The zero-order valence-electron chi connectivity index (χ0n) is 10.7. The van der Waals surface area contributed by atoms with Gasteiger partial charge in [-0.2, -0.15) is 0 Å². The molecule has 1 aromatic carbocycles. The monoisotopic (exact) mass is 252 g/mol. The predicted octanol–water partition coefficient (Wildman–Crippen LogP) is 0.246. The summed E-state index contributed by atoms with van der Waals surface area (Å²) in [5.41, 5.74) is 1.05. The van der Waals surface area contributed by atoms with Gasteiger partial charge in [-0.3, -0.25) is 10.1 Å². The second kappa shape index (κ2) is 7.81. The predicted molar refractivity (Wildman–Crippen MR) is 68.8 cm³/mol. The minimum atomic E-state index is -0.829. The van der Waals surface area contributed by atoms with Gasteiger partial charge in [-0.1, -0.05) is 30.3 Å². The molecule has 2 atom stereocenters. The molecule has 0 aliphatic heterocycles. The summed E-state index contributed by atoms with van der Waals surface area (Å²) in [6.07, 6.45) is -0.829. The van der Waals surface area contributed by atoms with Gasteiger partial charge in [-0.25, -0.2) is 0 Å². The van der Waals surface area contributed by atoms with Crippen molar-refractivity contribution in [1.82, 2.24) is 10.6 Å². The SMILES string of the molecule is CNC(O)[C@H](COCc1ccccc1)NC(C)=O. The first-order valence-corrected chi connectivity index (χ1v) is 5.87. The highest BCUT2D eigenvalue weighted by molar-refractivity contribution is 5.73. The fraction of sp³-hybridized carbons (Fsp3) is 0.462. The Morgan fingerprint density at radius 3 is 2.61 bits per heavy atom. The van der Waals surface area contributed by atoms with Gasteiger partial charge in [0.1, 0.15) is 6.23 Å². The van der Waals surface area contributed by atoms with Crippen molar-refractivity contribution in [3.8, 4) is 0 Å². The van der Waals surface area contributed by atoms with Crippen LogP contribution in [0.15, 0.2) is 30.3 Å². The van der Waals surface area contributed by atoms with E-state index >= 15 is 0 Å². The van der Waals surface area contributed by atoms with Gasteiger partial charge < -0.3 is 15.2 Å². The van der Waals surface area contributed by atoms with Crippen molar-refractivity contribution in [3.63, 3.8) is 0 Å². The van der Waals surface area contributed by atoms with E-state index in [-0.39, 0.29) is 12.5 Å². The van der Waals surface area contributed by atoms with Gasteiger partial charge in [0.15, 0.2) is 0 Å². The van der Waals surface area contributed by atoms with E-state index in [2.05, 4.69) is 10.6 Å². The molecular weight excluding hydrogens is 232 g/mol. The van der Waals surface area contributed by atoms with E-state index in [1.165, 1.54) is 6.92 Å². The van der Waals surface area contributed by atoms with E-state index < -0.39 is 12.3 Å². The Kier molecular flexibility index (Phi) is 6.35. The summed E-state index contributed by atoms with van der Waals surface area (Å²) in [7, 11) is 1.62. The van der Waals surface area contributed by atoms with Gasteiger partial charge >= 0.3 is 0 Å². The van der Waals surface area contributed by atoms with Crippen LogP contribution >= 0.6 is 0 Å². The van der Waals surface area contributed by atoms with Crippen molar-refractivity contribution in [2.24, 2.45) is 0 Å². The lowest BCUT2D eigenvalue weighted by Crippen LogP contribution is -2.50. The molecule has 1 rings (SSSR count). The van der Waals surface area contributed by atoms with Crippen molar-refractivity contribution >= 4 is 5.91 Å². The molecule has 0 spiro atoms. The number of aliphatic hydroxyl groups is 1. The molecule has 100 valence electrons. The zero-order valence-corrected chi connectivity index (χ0v) is 10.7. The summed E-state index contributed by atoms with van der Waals surface area (Å²) in [5.74, 6) is -0.197. The average Bonchev–Trinajstić information content (AvgIpc) is 2.37. The van der Waals surface area contributed by atoms with E-state index in [9.17, 15) is 9.90 Å². The van der Waals surface area contributed by atoms with E-state index in [1.54, 1.807) is 7.05 Å². The summed E-state index contributed by atoms with van der Waals surface area (Å²) in [5, 5.41) is 15.0. The Labute approximate surface area is 107 Å². The molecule has 0 fully saturated rings. The topological polar surface area (TPSA) is 70.6 Å². The number of likely N-dealkylation sites (N-methyl/N-ethyl adjacent to an activating group) is 1. The third-order valence-corrected chi connectivity index (χ3v) is 2.47. The number of carbonyl (C=O) groups is 1. The number of hydrogen-bond donors (Lipinski definition) is 3. The number of ether oxygens (including phenoxy) is 1. The minimum absolute atomic E-state index is 0.197. The van der Waals surface area contributed by atoms with E-state index in [0.29, 0.717) is 6.61 Å². The first kappa shape index (κ1) is 14.6. The molecule has 0 saturated heterocycles.